The Hall–Kier alpha value is -3.74. The van der Waals surface area contributed by atoms with Crippen LogP contribution in [0.5, 0.6) is 0 Å². The zero-order chi connectivity index (χ0) is 22.4. The lowest BCUT2D eigenvalue weighted by Gasteiger charge is -2.36. The third kappa shape index (κ3) is 3.63. The minimum atomic E-state index is 0.0701. The highest BCUT2D eigenvalue weighted by Crippen LogP contribution is 2.41. The maximum atomic E-state index is 13.8. The average molecular weight is 439 g/mol. The molecule has 1 saturated heterocycles. The zero-order valence-corrected chi connectivity index (χ0v) is 18.7. The van der Waals surface area contributed by atoms with E-state index in [1.165, 1.54) is 5.69 Å². The van der Waals surface area contributed by atoms with E-state index >= 15 is 0 Å². The first-order valence-corrected chi connectivity index (χ1v) is 11.6. The number of nitrogens with zero attached hydrogens (tertiary/aromatic N) is 6. The van der Waals surface area contributed by atoms with Crippen molar-refractivity contribution < 1.29 is 4.79 Å². The number of carbonyl (C=O) groups excluding carboxylic acids is 1. The molecule has 166 valence electrons. The van der Waals surface area contributed by atoms with E-state index in [1.807, 2.05) is 42.2 Å². The highest BCUT2D eigenvalue weighted by molar-refractivity contribution is 6.07. The first-order valence-electron chi connectivity index (χ1n) is 11.6. The van der Waals surface area contributed by atoms with Crippen LogP contribution >= 0.6 is 0 Å². The van der Waals surface area contributed by atoms with E-state index in [4.69, 9.17) is 10.1 Å². The second-order valence-electron chi connectivity index (χ2n) is 8.87. The molecule has 33 heavy (non-hydrogen) atoms. The van der Waals surface area contributed by atoms with Gasteiger partial charge in [-0.05, 0) is 50.1 Å². The van der Waals surface area contributed by atoms with Gasteiger partial charge in [0, 0.05) is 49.7 Å². The maximum absolute atomic E-state index is 13.8. The predicted octanol–water partition coefficient (Wildman–Crippen LogP) is 3.96. The van der Waals surface area contributed by atoms with Crippen LogP contribution in [-0.2, 0) is 0 Å². The highest BCUT2D eigenvalue weighted by atomic mass is 16.2. The molecular weight excluding hydrogens is 412 g/mol. The van der Waals surface area contributed by atoms with Gasteiger partial charge in [0.05, 0.1) is 16.6 Å². The molecule has 2 aliphatic rings. The summed E-state index contributed by atoms with van der Waals surface area (Å²) in [4.78, 5) is 27.5. The Morgan fingerprint density at radius 2 is 1.73 bits per heavy atom. The quantitative estimate of drug-likeness (QED) is 0.482. The van der Waals surface area contributed by atoms with Crippen LogP contribution in [0.1, 0.15) is 40.5 Å². The number of pyridine rings is 2. The van der Waals surface area contributed by atoms with E-state index in [0.717, 1.165) is 53.9 Å². The monoisotopic (exact) mass is 438 g/mol. The maximum Gasteiger partial charge on any atom is 0.254 e. The van der Waals surface area contributed by atoms with Gasteiger partial charge in [0.25, 0.3) is 5.91 Å². The Morgan fingerprint density at radius 1 is 0.970 bits per heavy atom. The van der Waals surface area contributed by atoms with Crippen LogP contribution < -0.4 is 4.90 Å². The molecule has 4 heterocycles. The number of anilines is 1. The number of hydrogen-bond donors (Lipinski definition) is 0. The molecule has 2 fully saturated rings. The number of para-hydroxylation sites is 1. The van der Waals surface area contributed by atoms with Crippen molar-refractivity contribution in [2.75, 3.05) is 31.1 Å². The number of piperazine rings is 1. The average Bonchev–Trinajstić information content (AvgIpc) is 3.68. The number of rotatable bonds is 4. The van der Waals surface area contributed by atoms with E-state index in [1.54, 1.807) is 10.9 Å². The molecule has 3 aromatic heterocycles. The van der Waals surface area contributed by atoms with Crippen LogP contribution in [-0.4, -0.2) is 56.7 Å². The van der Waals surface area contributed by atoms with Crippen LogP contribution in [0.25, 0.3) is 16.9 Å². The summed E-state index contributed by atoms with van der Waals surface area (Å²) >= 11 is 0. The summed E-state index contributed by atoms with van der Waals surface area (Å²) in [5, 5.41) is 5.57. The van der Waals surface area contributed by atoms with Crippen LogP contribution in [0.2, 0.25) is 0 Å². The summed E-state index contributed by atoms with van der Waals surface area (Å²) in [6.45, 7) is 5.00. The summed E-state index contributed by atoms with van der Waals surface area (Å²) in [6.07, 6.45) is 4.00. The third-order valence-corrected chi connectivity index (χ3v) is 6.61. The molecular formula is C26H26N6O. The van der Waals surface area contributed by atoms with E-state index in [-0.39, 0.29) is 5.91 Å². The molecule has 1 aliphatic heterocycles. The Kier molecular flexibility index (Phi) is 4.82. The van der Waals surface area contributed by atoms with Gasteiger partial charge < -0.3 is 9.80 Å². The third-order valence-electron chi connectivity index (χ3n) is 6.61. The fourth-order valence-electron chi connectivity index (χ4n) is 4.68. The number of hydrogen-bond acceptors (Lipinski definition) is 5. The summed E-state index contributed by atoms with van der Waals surface area (Å²) in [7, 11) is 0. The van der Waals surface area contributed by atoms with Gasteiger partial charge in [-0.25, -0.2) is 9.97 Å². The molecule has 1 aliphatic carbocycles. The highest BCUT2D eigenvalue weighted by Gasteiger charge is 2.31. The van der Waals surface area contributed by atoms with E-state index in [0.29, 0.717) is 24.8 Å². The van der Waals surface area contributed by atoms with Gasteiger partial charge in [-0.1, -0.05) is 24.3 Å². The van der Waals surface area contributed by atoms with Crippen molar-refractivity contribution in [1.82, 2.24) is 24.6 Å². The number of fused-ring (bicyclic) bond motifs is 1. The smallest absolute Gasteiger partial charge is 0.254 e. The molecule has 1 aromatic carbocycles. The van der Waals surface area contributed by atoms with Crippen LogP contribution in [0.4, 0.5) is 5.69 Å². The number of amides is 1. The van der Waals surface area contributed by atoms with Crippen LogP contribution in [0.15, 0.2) is 60.8 Å². The minimum Gasteiger partial charge on any atom is -0.368 e. The normalized spacial score (nSPS) is 16.4. The van der Waals surface area contributed by atoms with E-state index in [9.17, 15) is 4.79 Å². The summed E-state index contributed by atoms with van der Waals surface area (Å²) in [5.41, 5.74) is 4.44. The molecule has 0 unspecified atom stereocenters. The van der Waals surface area contributed by atoms with Gasteiger partial charge in [0.15, 0.2) is 11.5 Å². The van der Waals surface area contributed by atoms with Gasteiger partial charge in [0.1, 0.15) is 0 Å². The van der Waals surface area contributed by atoms with E-state index < -0.39 is 0 Å². The lowest BCUT2D eigenvalue weighted by atomic mass is 10.1. The topological polar surface area (TPSA) is 67.2 Å². The Labute approximate surface area is 192 Å². The zero-order valence-electron chi connectivity index (χ0n) is 18.7. The minimum absolute atomic E-state index is 0.0701. The Bertz CT molecular complexity index is 1310. The fourth-order valence-corrected chi connectivity index (χ4v) is 4.68. The SMILES string of the molecule is Cc1nn(-c2ccccn2)c2nc(C3CC3)cc(C(=O)N3CCN(c4ccccc4)CC3)c12. The molecule has 4 aromatic rings. The van der Waals surface area contributed by atoms with Gasteiger partial charge in [-0.3, -0.25) is 4.79 Å². The summed E-state index contributed by atoms with van der Waals surface area (Å²) < 4.78 is 1.78. The number of aryl methyl sites for hydroxylation is 1. The van der Waals surface area contributed by atoms with Crippen LogP contribution in [0, 0.1) is 6.92 Å². The first-order chi connectivity index (χ1) is 16.2. The lowest BCUT2D eigenvalue weighted by molar-refractivity contribution is 0.0748. The van der Waals surface area contributed by atoms with Gasteiger partial charge >= 0.3 is 0 Å². The van der Waals surface area contributed by atoms with Gasteiger partial charge in [-0.15, -0.1) is 0 Å². The van der Waals surface area contributed by atoms with E-state index in [2.05, 4.69) is 34.1 Å². The van der Waals surface area contributed by atoms with Gasteiger partial charge in [-0.2, -0.15) is 9.78 Å². The molecule has 0 atom stereocenters. The number of aromatic nitrogens is 4. The van der Waals surface area contributed by atoms with Crippen molar-refractivity contribution in [2.24, 2.45) is 0 Å². The molecule has 0 bridgehead atoms. The molecule has 7 nitrogen and oxygen atoms in total. The second-order valence-corrected chi connectivity index (χ2v) is 8.87. The predicted molar refractivity (Wildman–Crippen MR) is 128 cm³/mol. The van der Waals surface area contributed by atoms with Crippen molar-refractivity contribution in [3.63, 3.8) is 0 Å². The molecule has 0 spiro atoms. The number of carbonyl (C=O) groups is 1. The van der Waals surface area contributed by atoms with Crippen LogP contribution in [0.3, 0.4) is 0 Å². The largest absolute Gasteiger partial charge is 0.368 e. The van der Waals surface area contributed by atoms with Crippen molar-refractivity contribution in [2.45, 2.75) is 25.7 Å². The van der Waals surface area contributed by atoms with Crippen molar-refractivity contribution in [1.29, 1.82) is 0 Å². The second kappa shape index (κ2) is 7.99. The Balaban J connectivity index is 1.36. The molecule has 7 heteroatoms. The fraction of sp³-hybridized carbons (Fsp3) is 0.308. The lowest BCUT2D eigenvalue weighted by Crippen LogP contribution is -2.48. The van der Waals surface area contributed by atoms with Gasteiger partial charge in [0.2, 0.25) is 0 Å². The number of benzene rings is 1. The molecule has 1 saturated carbocycles. The first kappa shape index (κ1) is 19.9. The molecule has 6 rings (SSSR count). The van der Waals surface area contributed by atoms with Crippen molar-refractivity contribution in [3.05, 3.63) is 77.7 Å². The van der Waals surface area contributed by atoms with Crippen molar-refractivity contribution in [3.8, 4) is 5.82 Å². The standard InChI is InChI=1S/C26H26N6O/c1-18-24-21(26(33)31-15-13-30(14-16-31)20-7-3-2-4-8-20)17-22(19-10-11-19)28-25(24)32(29-18)23-9-5-6-12-27-23/h2-9,12,17,19H,10-11,13-16H2,1H3. The molecule has 0 N–H and O–H groups in total. The molecule has 0 radical (unpaired) electrons. The summed E-state index contributed by atoms with van der Waals surface area (Å²) in [5.74, 6) is 1.22. The molecule has 1 amide bonds. The Morgan fingerprint density at radius 3 is 2.42 bits per heavy atom. The summed E-state index contributed by atoms with van der Waals surface area (Å²) in [6, 6.07) is 18.2. The van der Waals surface area contributed by atoms with Crippen molar-refractivity contribution >= 4 is 22.6 Å².